The minimum atomic E-state index is 0.148. The molecule has 0 heterocycles. The highest BCUT2D eigenvalue weighted by atomic mass is 16.5. The van der Waals surface area contributed by atoms with Crippen molar-refractivity contribution in [1.82, 2.24) is 0 Å². The van der Waals surface area contributed by atoms with Crippen LogP contribution in [0, 0.1) is 0 Å². The lowest BCUT2D eigenvalue weighted by Gasteiger charge is -2.10. The number of phenols is 1. The van der Waals surface area contributed by atoms with Gasteiger partial charge < -0.3 is 15.1 Å². The third kappa shape index (κ3) is 9.89. The molecule has 2 rings (SSSR count). The van der Waals surface area contributed by atoms with E-state index in [9.17, 15) is 10.3 Å². The Kier molecular flexibility index (Phi) is 13.1. The van der Waals surface area contributed by atoms with Crippen LogP contribution in [0.2, 0.25) is 0 Å². The first-order chi connectivity index (χ1) is 16.2. The first-order valence-electron chi connectivity index (χ1n) is 12.9. The normalized spacial score (nSPS) is 11.6. The van der Waals surface area contributed by atoms with Gasteiger partial charge in [-0.15, -0.1) is 0 Å². The summed E-state index contributed by atoms with van der Waals surface area (Å²) in [6.45, 7) is 2.27. The number of oxime groups is 1. The van der Waals surface area contributed by atoms with Crippen molar-refractivity contribution in [1.29, 1.82) is 0 Å². The molecule has 4 nitrogen and oxygen atoms in total. The van der Waals surface area contributed by atoms with Crippen LogP contribution in [0.15, 0.2) is 47.6 Å². The van der Waals surface area contributed by atoms with Crippen molar-refractivity contribution in [2.45, 2.75) is 96.8 Å². The molecule has 0 bridgehead atoms. The number of hydrogen-bond donors (Lipinski definition) is 2. The van der Waals surface area contributed by atoms with Gasteiger partial charge in [-0.25, -0.2) is 0 Å². The Bertz CT molecular complexity index is 814. The second-order valence-corrected chi connectivity index (χ2v) is 9.00. The molecule has 0 radical (unpaired) electrons. The van der Waals surface area contributed by atoms with Crippen molar-refractivity contribution in [3.8, 4) is 22.6 Å². The van der Waals surface area contributed by atoms with E-state index in [1.807, 2.05) is 36.4 Å². The van der Waals surface area contributed by atoms with Crippen LogP contribution in [-0.4, -0.2) is 23.1 Å². The Balaban J connectivity index is 1.70. The number of unbranched alkanes of at least 4 members (excludes halogenated alkanes) is 12. The van der Waals surface area contributed by atoms with Gasteiger partial charge in [0.2, 0.25) is 0 Å². The summed E-state index contributed by atoms with van der Waals surface area (Å²) in [5, 5.41) is 23.5. The standard InChI is InChI=1S/C29H43NO3/c1-3-4-5-6-7-8-9-10-11-12-13-14-15-16-28(30-32)27-23-25(19-22-29(27)31)24-17-20-26(33-2)21-18-24/h17-23,31-32H,3-16H2,1-2H3/b30-28+. The van der Waals surface area contributed by atoms with E-state index in [0.29, 0.717) is 17.7 Å². The van der Waals surface area contributed by atoms with Crippen molar-refractivity contribution in [2.75, 3.05) is 7.11 Å². The average molecular weight is 454 g/mol. The summed E-state index contributed by atoms with van der Waals surface area (Å²) in [6, 6.07) is 13.2. The van der Waals surface area contributed by atoms with Gasteiger partial charge in [-0.2, -0.15) is 0 Å². The average Bonchev–Trinajstić information content (AvgIpc) is 2.85. The van der Waals surface area contributed by atoms with Gasteiger partial charge >= 0.3 is 0 Å². The minimum Gasteiger partial charge on any atom is -0.507 e. The molecule has 0 saturated carbocycles. The number of hydrogen-bond acceptors (Lipinski definition) is 4. The Hall–Kier alpha value is -2.49. The lowest BCUT2D eigenvalue weighted by atomic mass is 9.97. The van der Waals surface area contributed by atoms with Gasteiger partial charge in [0.25, 0.3) is 0 Å². The molecule has 2 aromatic carbocycles. The first kappa shape index (κ1) is 26.8. The van der Waals surface area contributed by atoms with Gasteiger partial charge in [0.15, 0.2) is 0 Å². The van der Waals surface area contributed by atoms with Crippen LogP contribution in [0.25, 0.3) is 11.1 Å². The Morgan fingerprint density at radius 2 is 1.24 bits per heavy atom. The number of ether oxygens (including phenoxy) is 1. The topological polar surface area (TPSA) is 62.1 Å². The molecule has 0 aromatic heterocycles. The molecule has 0 fully saturated rings. The van der Waals surface area contributed by atoms with E-state index in [4.69, 9.17) is 4.74 Å². The Morgan fingerprint density at radius 3 is 1.76 bits per heavy atom. The van der Waals surface area contributed by atoms with Gasteiger partial charge in [-0.05, 0) is 48.2 Å². The molecule has 33 heavy (non-hydrogen) atoms. The van der Waals surface area contributed by atoms with Crippen LogP contribution in [0.5, 0.6) is 11.5 Å². The number of benzene rings is 2. The molecule has 0 saturated heterocycles. The maximum absolute atomic E-state index is 10.4. The summed E-state index contributed by atoms with van der Waals surface area (Å²) in [6.07, 6.45) is 17.6. The molecule has 182 valence electrons. The quantitative estimate of drug-likeness (QED) is 0.109. The highest BCUT2D eigenvalue weighted by molar-refractivity contribution is 6.03. The molecule has 0 spiro atoms. The van der Waals surface area contributed by atoms with Crippen LogP contribution < -0.4 is 4.74 Å². The summed E-state index contributed by atoms with van der Waals surface area (Å²) < 4.78 is 5.22. The second kappa shape index (κ2) is 16.2. The monoisotopic (exact) mass is 453 g/mol. The first-order valence-corrected chi connectivity index (χ1v) is 12.9. The molecule has 0 unspecified atom stereocenters. The van der Waals surface area contributed by atoms with Crippen LogP contribution in [0.3, 0.4) is 0 Å². The van der Waals surface area contributed by atoms with Gasteiger partial charge in [-0.3, -0.25) is 0 Å². The van der Waals surface area contributed by atoms with Crippen molar-refractivity contribution in [3.05, 3.63) is 48.0 Å². The fourth-order valence-corrected chi connectivity index (χ4v) is 4.28. The molecule has 0 atom stereocenters. The number of methoxy groups -OCH3 is 1. The summed E-state index contributed by atoms with van der Waals surface area (Å²) in [7, 11) is 1.65. The molecule has 2 N–H and O–H groups in total. The molecular formula is C29H43NO3. The van der Waals surface area contributed by atoms with Crippen molar-refractivity contribution in [3.63, 3.8) is 0 Å². The SMILES string of the molecule is CCCCCCCCCCCCCCC/C(=N\O)c1cc(-c2ccc(OC)cc2)ccc1O. The third-order valence-corrected chi connectivity index (χ3v) is 6.37. The van der Waals surface area contributed by atoms with Crippen molar-refractivity contribution in [2.24, 2.45) is 5.16 Å². The maximum Gasteiger partial charge on any atom is 0.124 e. The second-order valence-electron chi connectivity index (χ2n) is 9.00. The summed E-state index contributed by atoms with van der Waals surface area (Å²) >= 11 is 0. The zero-order chi connectivity index (χ0) is 23.7. The van der Waals surface area contributed by atoms with Crippen LogP contribution in [0.1, 0.15) is 102 Å². The van der Waals surface area contributed by atoms with Crippen LogP contribution >= 0.6 is 0 Å². The van der Waals surface area contributed by atoms with Crippen LogP contribution in [0.4, 0.5) is 0 Å². The van der Waals surface area contributed by atoms with Gasteiger partial charge in [0.05, 0.1) is 12.8 Å². The van der Waals surface area contributed by atoms with E-state index in [-0.39, 0.29) is 5.75 Å². The van der Waals surface area contributed by atoms with E-state index in [1.54, 1.807) is 13.2 Å². The van der Waals surface area contributed by atoms with Crippen molar-refractivity contribution >= 4 is 5.71 Å². The highest BCUT2D eigenvalue weighted by Crippen LogP contribution is 2.29. The third-order valence-electron chi connectivity index (χ3n) is 6.37. The van der Waals surface area contributed by atoms with Crippen LogP contribution in [-0.2, 0) is 0 Å². The number of rotatable bonds is 17. The maximum atomic E-state index is 10.4. The van der Waals surface area contributed by atoms with Gasteiger partial charge in [-0.1, -0.05) is 107 Å². The van der Waals surface area contributed by atoms with Gasteiger partial charge in [0.1, 0.15) is 11.5 Å². The molecule has 4 heteroatoms. The molecule has 0 amide bonds. The van der Waals surface area contributed by atoms with E-state index in [2.05, 4.69) is 12.1 Å². The lowest BCUT2D eigenvalue weighted by Crippen LogP contribution is -2.02. The molecule has 0 aliphatic carbocycles. The largest absolute Gasteiger partial charge is 0.507 e. The zero-order valence-electron chi connectivity index (χ0n) is 20.7. The Morgan fingerprint density at radius 1 is 0.727 bits per heavy atom. The van der Waals surface area contributed by atoms with E-state index in [1.165, 1.54) is 70.6 Å². The fourth-order valence-electron chi connectivity index (χ4n) is 4.28. The highest BCUT2D eigenvalue weighted by Gasteiger charge is 2.12. The summed E-state index contributed by atoms with van der Waals surface area (Å²) in [4.78, 5) is 0. The van der Waals surface area contributed by atoms with E-state index < -0.39 is 0 Å². The Labute approximate surface area is 200 Å². The molecule has 2 aromatic rings. The molecule has 0 aliphatic rings. The van der Waals surface area contributed by atoms with E-state index >= 15 is 0 Å². The summed E-state index contributed by atoms with van der Waals surface area (Å²) in [5.41, 5.74) is 3.14. The number of nitrogens with zero attached hydrogens (tertiary/aromatic N) is 1. The number of phenolic OH excluding ortho intramolecular Hbond substituents is 1. The lowest BCUT2D eigenvalue weighted by molar-refractivity contribution is 0.317. The predicted molar refractivity (Wildman–Crippen MR) is 139 cm³/mol. The fraction of sp³-hybridized carbons (Fsp3) is 0.552. The van der Waals surface area contributed by atoms with Crippen molar-refractivity contribution < 1.29 is 15.1 Å². The molecule has 0 aliphatic heterocycles. The van der Waals surface area contributed by atoms with Gasteiger partial charge in [0, 0.05) is 5.56 Å². The zero-order valence-corrected chi connectivity index (χ0v) is 20.7. The van der Waals surface area contributed by atoms with E-state index in [0.717, 1.165) is 29.7 Å². The number of aromatic hydroxyl groups is 1. The molecular weight excluding hydrogens is 410 g/mol. The summed E-state index contributed by atoms with van der Waals surface area (Å²) in [5.74, 6) is 0.951. The predicted octanol–water partition coefficient (Wildman–Crippen LogP) is 8.73. The minimum absolute atomic E-state index is 0.148. The smallest absolute Gasteiger partial charge is 0.124 e.